The Morgan fingerprint density at radius 1 is 1.03 bits per heavy atom. The summed E-state index contributed by atoms with van der Waals surface area (Å²) < 4.78 is 11.1. The average molecular weight is 449 g/mol. The van der Waals surface area contributed by atoms with Gasteiger partial charge in [-0.05, 0) is 62.2 Å². The van der Waals surface area contributed by atoms with Crippen molar-refractivity contribution in [3.8, 4) is 0 Å². The molecule has 0 saturated heterocycles. The lowest BCUT2D eigenvalue weighted by Crippen LogP contribution is -2.37. The summed E-state index contributed by atoms with van der Waals surface area (Å²) in [7, 11) is 0. The van der Waals surface area contributed by atoms with Crippen molar-refractivity contribution in [2.75, 3.05) is 13.2 Å². The lowest BCUT2D eigenvalue weighted by atomic mass is 9.69. The van der Waals surface area contributed by atoms with Gasteiger partial charge in [0.25, 0.3) is 0 Å². The number of carbonyl (C=O) groups is 2. The summed E-state index contributed by atoms with van der Waals surface area (Å²) in [4.78, 5) is 25.8. The van der Waals surface area contributed by atoms with Gasteiger partial charge >= 0.3 is 11.9 Å². The van der Waals surface area contributed by atoms with E-state index in [4.69, 9.17) is 9.47 Å². The van der Waals surface area contributed by atoms with Gasteiger partial charge in [0, 0.05) is 0 Å². The molecule has 0 aromatic heterocycles. The molecule has 0 saturated carbocycles. The summed E-state index contributed by atoms with van der Waals surface area (Å²) in [6, 6.07) is 0. The van der Waals surface area contributed by atoms with E-state index >= 15 is 0 Å². The Bertz CT molecular complexity index is 669. The minimum absolute atomic E-state index is 0.0321. The largest absolute Gasteiger partial charge is 0.465 e. The van der Waals surface area contributed by atoms with Crippen LogP contribution in [-0.4, -0.2) is 25.2 Å². The third kappa shape index (κ3) is 9.11. The van der Waals surface area contributed by atoms with Crippen LogP contribution >= 0.6 is 0 Å². The van der Waals surface area contributed by atoms with Crippen LogP contribution in [0.2, 0.25) is 0 Å². The van der Waals surface area contributed by atoms with E-state index < -0.39 is 11.8 Å². The van der Waals surface area contributed by atoms with Crippen molar-refractivity contribution in [2.45, 2.75) is 94.4 Å². The minimum atomic E-state index is -0.468. The van der Waals surface area contributed by atoms with E-state index in [-0.39, 0.29) is 29.2 Å². The fraction of sp³-hybridized carbons (Fsp3) is 0.786. The van der Waals surface area contributed by atoms with Crippen molar-refractivity contribution in [3.63, 3.8) is 0 Å². The van der Waals surface area contributed by atoms with Gasteiger partial charge in [-0.1, -0.05) is 78.7 Å². The topological polar surface area (TPSA) is 52.6 Å². The highest BCUT2D eigenvalue weighted by molar-refractivity contribution is 5.83. The Morgan fingerprint density at radius 3 is 2.06 bits per heavy atom. The Balaban J connectivity index is 2.96. The van der Waals surface area contributed by atoms with E-state index in [1.807, 2.05) is 27.7 Å². The first-order chi connectivity index (χ1) is 14.9. The zero-order chi connectivity index (χ0) is 24.5. The van der Waals surface area contributed by atoms with Gasteiger partial charge in [0.15, 0.2) is 0 Å². The molecule has 3 atom stereocenters. The van der Waals surface area contributed by atoms with E-state index in [0.717, 1.165) is 19.3 Å². The summed E-state index contributed by atoms with van der Waals surface area (Å²) in [5, 5.41) is 0. The smallest absolute Gasteiger partial charge is 0.310 e. The highest BCUT2D eigenvalue weighted by atomic mass is 16.5. The third-order valence-electron chi connectivity index (χ3n) is 6.76. The average Bonchev–Trinajstić information content (AvgIpc) is 2.74. The van der Waals surface area contributed by atoms with E-state index in [9.17, 15) is 9.59 Å². The molecule has 0 bridgehead atoms. The van der Waals surface area contributed by atoms with Crippen molar-refractivity contribution in [1.29, 1.82) is 0 Å². The molecule has 0 fully saturated rings. The SMILES string of the molecule is CCC(C)/C(C)=C/CCC(C)(C)C1=CCC(C(=O)OCC(C)C)C(C(=O)OCC(C)C)C1. The van der Waals surface area contributed by atoms with Crippen LogP contribution in [-0.2, 0) is 19.1 Å². The third-order valence-corrected chi connectivity index (χ3v) is 6.76. The lowest BCUT2D eigenvalue weighted by Gasteiger charge is -2.36. The number of ether oxygens (including phenoxy) is 2. The Kier molecular flexibility index (Phi) is 11.7. The molecule has 0 aromatic rings. The first-order valence-corrected chi connectivity index (χ1v) is 12.6. The molecule has 184 valence electrons. The van der Waals surface area contributed by atoms with Crippen LogP contribution in [0.15, 0.2) is 23.3 Å². The molecule has 3 unspecified atom stereocenters. The summed E-state index contributed by atoms with van der Waals surface area (Å²) in [6.07, 6.45) is 8.84. The maximum atomic E-state index is 13.0. The molecular formula is C28H48O4. The molecule has 0 heterocycles. The second kappa shape index (κ2) is 13.2. The molecule has 4 nitrogen and oxygen atoms in total. The van der Waals surface area contributed by atoms with Gasteiger partial charge in [-0.25, -0.2) is 0 Å². The monoisotopic (exact) mass is 448 g/mol. The number of rotatable bonds is 12. The second-order valence-electron chi connectivity index (χ2n) is 11.1. The fourth-order valence-electron chi connectivity index (χ4n) is 4.01. The Hall–Kier alpha value is -1.58. The molecule has 0 spiro atoms. The highest BCUT2D eigenvalue weighted by Gasteiger charge is 2.41. The van der Waals surface area contributed by atoms with Gasteiger partial charge in [0.1, 0.15) is 0 Å². The number of carbonyl (C=O) groups excluding carboxylic acids is 2. The summed E-state index contributed by atoms with van der Waals surface area (Å²) >= 11 is 0. The number of hydrogen-bond donors (Lipinski definition) is 0. The molecule has 0 aromatic carbocycles. The molecule has 0 amide bonds. The number of hydrogen-bond acceptors (Lipinski definition) is 4. The van der Waals surface area contributed by atoms with Crippen LogP contribution in [0.5, 0.6) is 0 Å². The van der Waals surface area contributed by atoms with Crippen LogP contribution in [0.4, 0.5) is 0 Å². The summed E-state index contributed by atoms with van der Waals surface area (Å²) in [5.41, 5.74) is 2.67. The van der Waals surface area contributed by atoms with Crippen molar-refractivity contribution < 1.29 is 19.1 Å². The van der Waals surface area contributed by atoms with Gasteiger partial charge in [0.05, 0.1) is 25.0 Å². The van der Waals surface area contributed by atoms with Crippen molar-refractivity contribution in [1.82, 2.24) is 0 Å². The lowest BCUT2D eigenvalue weighted by molar-refractivity contribution is -0.162. The van der Waals surface area contributed by atoms with Gasteiger partial charge in [-0.2, -0.15) is 0 Å². The van der Waals surface area contributed by atoms with E-state index in [2.05, 4.69) is 46.8 Å². The van der Waals surface area contributed by atoms with E-state index in [1.165, 1.54) is 11.1 Å². The van der Waals surface area contributed by atoms with Crippen molar-refractivity contribution in [3.05, 3.63) is 23.3 Å². The van der Waals surface area contributed by atoms with Crippen LogP contribution in [0.25, 0.3) is 0 Å². The van der Waals surface area contributed by atoms with E-state index in [1.54, 1.807) is 0 Å². The van der Waals surface area contributed by atoms with Crippen LogP contribution < -0.4 is 0 Å². The predicted molar refractivity (Wildman–Crippen MR) is 132 cm³/mol. The number of allylic oxidation sites excluding steroid dienone is 4. The first kappa shape index (κ1) is 28.5. The molecule has 0 aliphatic heterocycles. The Morgan fingerprint density at radius 2 is 1.56 bits per heavy atom. The minimum Gasteiger partial charge on any atom is -0.465 e. The molecule has 4 heteroatoms. The van der Waals surface area contributed by atoms with Crippen molar-refractivity contribution in [2.24, 2.45) is 35.0 Å². The van der Waals surface area contributed by atoms with Crippen LogP contribution in [0, 0.1) is 35.0 Å². The molecule has 32 heavy (non-hydrogen) atoms. The van der Waals surface area contributed by atoms with Gasteiger partial charge in [0.2, 0.25) is 0 Å². The molecule has 0 radical (unpaired) electrons. The predicted octanol–water partition coefficient (Wildman–Crippen LogP) is 7.14. The molecule has 0 N–H and O–H groups in total. The maximum absolute atomic E-state index is 13.0. The fourth-order valence-corrected chi connectivity index (χ4v) is 4.01. The Labute approximate surface area is 197 Å². The van der Waals surface area contributed by atoms with Crippen molar-refractivity contribution >= 4 is 11.9 Å². The van der Waals surface area contributed by atoms with Crippen LogP contribution in [0.1, 0.15) is 94.4 Å². The zero-order valence-electron chi connectivity index (χ0n) is 22.1. The quantitative estimate of drug-likeness (QED) is 0.235. The second-order valence-corrected chi connectivity index (χ2v) is 11.1. The highest BCUT2D eigenvalue weighted by Crippen LogP contribution is 2.42. The zero-order valence-corrected chi connectivity index (χ0v) is 22.1. The van der Waals surface area contributed by atoms with Gasteiger partial charge < -0.3 is 9.47 Å². The summed E-state index contributed by atoms with van der Waals surface area (Å²) in [5.74, 6) is -0.313. The summed E-state index contributed by atoms with van der Waals surface area (Å²) in [6.45, 7) is 20.0. The number of esters is 2. The van der Waals surface area contributed by atoms with E-state index in [0.29, 0.717) is 32.0 Å². The van der Waals surface area contributed by atoms with Crippen LogP contribution in [0.3, 0.4) is 0 Å². The molecule has 1 rings (SSSR count). The molecule has 1 aliphatic carbocycles. The molecular weight excluding hydrogens is 400 g/mol. The first-order valence-electron chi connectivity index (χ1n) is 12.6. The maximum Gasteiger partial charge on any atom is 0.310 e. The normalized spacial score (nSPS) is 20.8. The molecule has 1 aliphatic rings. The van der Waals surface area contributed by atoms with Gasteiger partial charge in [-0.15, -0.1) is 0 Å². The standard InChI is InChI=1S/C28H48O4/c1-10-21(6)22(7)12-11-15-28(8,9)23-13-14-24(26(29)31-17-19(2)3)25(16-23)27(30)32-18-20(4)5/h12-13,19-21,24-25H,10-11,14-18H2,1-9H3/b22-12+. The van der Waals surface area contributed by atoms with Gasteiger partial charge in [-0.3, -0.25) is 9.59 Å².